The maximum atomic E-state index is 13.0. The molecule has 2 aliphatic heterocycles. The molecule has 3 unspecified atom stereocenters. The Kier molecular flexibility index (Phi) is 23.0. The molecule has 0 saturated carbocycles. The van der Waals surface area contributed by atoms with Crippen LogP contribution in [0, 0.1) is 17.8 Å². The number of aliphatic hydroxyl groups is 4. The standard InChI is InChI=1S/C49H71NO12/c1-31-21-15-11-14-18-26-43(54)62-45(35(5)40(53)28-34(4)51)32(2)22-16-12-13-17-24-39(52)29-42(56-8)36(6)48-50-38(30-59-48)23-19-20-25-41(33(3)27-31)61-49-47(58-10)46(57-9)44(55)37(7)60-49/h11-27,30,32-37,39-42,44-47,49,51-53,55H,28-29H2,1-10H3/b13-12+,14-11+,21-15-,22-16-,23-19+,24-17+,25-20-,26-18-,31-27+/t32-,33+,34+,35-,36+,37?,39-,40-,41-,42+,44+,45-,46?,47?,49-/m0/s1. The van der Waals surface area contributed by atoms with Gasteiger partial charge in [0.1, 0.15) is 36.4 Å². The van der Waals surface area contributed by atoms with Crippen LogP contribution >= 0.6 is 0 Å². The summed E-state index contributed by atoms with van der Waals surface area (Å²) in [6.45, 7) is 13.0. The summed E-state index contributed by atoms with van der Waals surface area (Å²) in [6, 6.07) is 0. The number of cyclic esters (lactones) is 1. The van der Waals surface area contributed by atoms with E-state index in [-0.39, 0.29) is 30.3 Å². The minimum Gasteiger partial charge on any atom is -0.458 e. The van der Waals surface area contributed by atoms with Crippen molar-refractivity contribution in [2.75, 3.05) is 21.3 Å². The van der Waals surface area contributed by atoms with Crippen LogP contribution < -0.4 is 0 Å². The van der Waals surface area contributed by atoms with Crippen LogP contribution in [0.3, 0.4) is 0 Å². The Labute approximate surface area is 368 Å². The predicted octanol–water partition coefficient (Wildman–Crippen LogP) is 6.88. The quantitative estimate of drug-likeness (QED) is 0.189. The second-order valence-electron chi connectivity index (χ2n) is 16.2. The molecule has 1 aromatic rings. The van der Waals surface area contributed by atoms with Crippen molar-refractivity contribution >= 4 is 12.0 Å². The zero-order valence-electron chi connectivity index (χ0n) is 38.0. The van der Waals surface area contributed by atoms with Crippen LogP contribution in [0.25, 0.3) is 6.08 Å². The van der Waals surface area contributed by atoms with Gasteiger partial charge in [0.15, 0.2) is 12.2 Å². The molecule has 2 bridgehead atoms. The number of rotatable bonds is 9. The topological polar surface area (TPSA) is 179 Å². The summed E-state index contributed by atoms with van der Waals surface area (Å²) in [7, 11) is 4.63. The first-order chi connectivity index (χ1) is 29.6. The van der Waals surface area contributed by atoms with Crippen molar-refractivity contribution in [2.24, 2.45) is 17.8 Å². The van der Waals surface area contributed by atoms with Crippen molar-refractivity contribution in [3.8, 4) is 0 Å². The molecule has 1 aromatic heterocycles. The minimum atomic E-state index is -0.903. The summed E-state index contributed by atoms with van der Waals surface area (Å²) in [5.41, 5.74) is 1.56. The Morgan fingerprint density at radius 3 is 2.08 bits per heavy atom. The summed E-state index contributed by atoms with van der Waals surface area (Å²) >= 11 is 0. The summed E-state index contributed by atoms with van der Waals surface area (Å²) in [6.07, 6.45) is 24.8. The molecule has 3 heterocycles. The summed E-state index contributed by atoms with van der Waals surface area (Å²) in [4.78, 5) is 17.7. The van der Waals surface area contributed by atoms with Gasteiger partial charge < -0.3 is 53.3 Å². The lowest BCUT2D eigenvalue weighted by Gasteiger charge is -2.43. The fourth-order valence-electron chi connectivity index (χ4n) is 7.36. The molecule has 0 amide bonds. The fraction of sp³-hybridized carbons (Fsp3) is 0.551. The molecule has 3 rings (SSSR count). The van der Waals surface area contributed by atoms with Crippen LogP contribution in [0.5, 0.6) is 0 Å². The van der Waals surface area contributed by atoms with E-state index in [0.29, 0.717) is 18.0 Å². The summed E-state index contributed by atoms with van der Waals surface area (Å²) < 4.78 is 41.4. The number of hydrogen-bond donors (Lipinski definition) is 4. The number of ether oxygens (including phenoxy) is 6. The van der Waals surface area contributed by atoms with Crippen LogP contribution in [0.4, 0.5) is 0 Å². The number of aliphatic hydroxyl groups excluding tert-OH is 4. The van der Waals surface area contributed by atoms with Gasteiger partial charge in [-0.25, -0.2) is 9.78 Å². The molecule has 0 aromatic carbocycles. The molecule has 1 saturated heterocycles. The van der Waals surface area contributed by atoms with Crippen molar-refractivity contribution < 1.29 is 58.1 Å². The van der Waals surface area contributed by atoms with Crippen molar-refractivity contribution in [2.45, 2.75) is 135 Å². The van der Waals surface area contributed by atoms with E-state index in [4.69, 9.17) is 32.8 Å². The number of nitrogens with zero attached hydrogens (tertiary/aromatic N) is 1. The first-order valence-corrected chi connectivity index (χ1v) is 21.4. The Morgan fingerprint density at radius 2 is 1.42 bits per heavy atom. The lowest BCUT2D eigenvalue weighted by atomic mass is 9.86. The second-order valence-corrected chi connectivity index (χ2v) is 16.2. The fourth-order valence-corrected chi connectivity index (χ4v) is 7.36. The van der Waals surface area contributed by atoms with Crippen LogP contribution in [0.15, 0.2) is 113 Å². The van der Waals surface area contributed by atoms with E-state index in [1.54, 1.807) is 76.7 Å². The molecule has 1 fully saturated rings. The monoisotopic (exact) mass is 865 g/mol. The maximum absolute atomic E-state index is 13.0. The lowest BCUT2D eigenvalue weighted by molar-refractivity contribution is -0.310. The third kappa shape index (κ3) is 16.9. The van der Waals surface area contributed by atoms with Crippen molar-refractivity contribution in [3.05, 3.63) is 121 Å². The number of carbonyl (C=O) groups is 1. The van der Waals surface area contributed by atoms with Gasteiger partial charge in [-0.05, 0) is 33.3 Å². The molecule has 13 heteroatoms. The van der Waals surface area contributed by atoms with Gasteiger partial charge >= 0.3 is 5.97 Å². The highest BCUT2D eigenvalue weighted by atomic mass is 16.7. The van der Waals surface area contributed by atoms with Crippen LogP contribution in [0.2, 0.25) is 0 Å². The molecule has 13 nitrogen and oxygen atoms in total. The van der Waals surface area contributed by atoms with Gasteiger partial charge in [-0.3, -0.25) is 0 Å². The number of aromatic nitrogens is 1. The number of methoxy groups -OCH3 is 3. The Morgan fingerprint density at radius 1 is 0.790 bits per heavy atom. The summed E-state index contributed by atoms with van der Waals surface area (Å²) in [5, 5.41) is 42.3. The molecule has 344 valence electrons. The first kappa shape index (κ1) is 52.3. The molecule has 2 aliphatic rings. The van der Waals surface area contributed by atoms with Crippen molar-refractivity contribution in [1.29, 1.82) is 0 Å². The van der Waals surface area contributed by atoms with Gasteiger partial charge in [-0.1, -0.05) is 124 Å². The lowest BCUT2D eigenvalue weighted by Crippen LogP contribution is -2.59. The smallest absolute Gasteiger partial charge is 0.331 e. The van der Waals surface area contributed by atoms with Crippen molar-refractivity contribution in [1.82, 2.24) is 4.98 Å². The normalized spacial score (nSPS) is 37.7. The van der Waals surface area contributed by atoms with E-state index in [0.717, 1.165) is 5.57 Å². The van der Waals surface area contributed by atoms with Crippen LogP contribution in [-0.4, -0.2) is 120 Å². The third-order valence-corrected chi connectivity index (χ3v) is 11.1. The Hall–Kier alpha value is -4.02. The maximum Gasteiger partial charge on any atom is 0.331 e. The molecule has 0 aliphatic carbocycles. The largest absolute Gasteiger partial charge is 0.458 e. The molecular weight excluding hydrogens is 795 g/mol. The Balaban J connectivity index is 1.96. The first-order valence-electron chi connectivity index (χ1n) is 21.4. The van der Waals surface area contributed by atoms with E-state index in [1.807, 2.05) is 76.3 Å². The zero-order chi connectivity index (χ0) is 45.8. The molecule has 15 atom stereocenters. The van der Waals surface area contributed by atoms with Crippen LogP contribution in [-0.2, 0) is 33.2 Å². The molecule has 62 heavy (non-hydrogen) atoms. The highest BCUT2D eigenvalue weighted by Gasteiger charge is 2.46. The number of oxazole rings is 1. The number of esters is 1. The molecule has 4 N–H and O–H groups in total. The highest BCUT2D eigenvalue weighted by Crippen LogP contribution is 2.30. The number of fused-ring (bicyclic) bond motifs is 2. The Bertz CT molecular complexity index is 1750. The van der Waals surface area contributed by atoms with Gasteiger partial charge in [-0.15, -0.1) is 0 Å². The number of hydrogen-bond acceptors (Lipinski definition) is 13. The van der Waals surface area contributed by atoms with E-state index in [9.17, 15) is 25.2 Å². The van der Waals surface area contributed by atoms with E-state index in [1.165, 1.54) is 20.3 Å². The number of carbonyl (C=O) groups excluding carboxylic acids is 1. The van der Waals surface area contributed by atoms with Crippen molar-refractivity contribution in [3.63, 3.8) is 0 Å². The second kappa shape index (κ2) is 27.2. The minimum absolute atomic E-state index is 0.141. The summed E-state index contributed by atoms with van der Waals surface area (Å²) in [5.74, 6) is -1.26. The number of allylic oxidation sites excluding steroid dienone is 12. The van der Waals surface area contributed by atoms with Gasteiger partial charge in [-0.2, -0.15) is 0 Å². The van der Waals surface area contributed by atoms with Gasteiger partial charge in [0, 0.05) is 51.6 Å². The van der Waals surface area contributed by atoms with E-state index in [2.05, 4.69) is 11.1 Å². The average molecular weight is 866 g/mol. The SMILES string of the molecule is COC1C(OC)[C@H](O)C(C)O[C@H]1O[C@H]1/C=C\C=C\c2coc(n2)[C@H](C)[C@H](OC)C[C@@H](O)/C=C/C=C/C=C\[C@H](C)[C@@H]([C@@H](C)[C@@H](O)C[C@@H](C)O)OC(=O)\C=C/C=C/C=C\C(C)=C\[C@H]1C. The highest BCUT2D eigenvalue weighted by molar-refractivity contribution is 5.82. The molecule has 0 spiro atoms. The molecule has 0 radical (unpaired) electrons. The van der Waals surface area contributed by atoms with Gasteiger partial charge in [0.25, 0.3) is 0 Å². The van der Waals surface area contributed by atoms with E-state index < -0.39 is 73.1 Å². The van der Waals surface area contributed by atoms with E-state index >= 15 is 0 Å². The third-order valence-electron chi connectivity index (χ3n) is 11.1. The van der Waals surface area contributed by atoms with Crippen LogP contribution in [0.1, 0.15) is 78.8 Å². The van der Waals surface area contributed by atoms with Gasteiger partial charge in [0.2, 0.25) is 0 Å². The van der Waals surface area contributed by atoms with Gasteiger partial charge in [0.05, 0.1) is 42.5 Å². The predicted molar refractivity (Wildman–Crippen MR) is 240 cm³/mol. The average Bonchev–Trinajstić information content (AvgIpc) is 3.71. The zero-order valence-corrected chi connectivity index (χ0v) is 38.0. The molecular formula is C49H71NO12.